The Bertz CT molecular complexity index is 214. The highest BCUT2D eigenvalue weighted by molar-refractivity contribution is 7.30. The molecule has 1 fully saturated rings. The Kier molecular flexibility index (Phi) is 14.0. The van der Waals surface area contributed by atoms with E-state index < -0.39 is 8.25 Å². The SMILES string of the molecule is CCCCCC1CCCC(CCCCC)C1.O=[P+](O)O. The van der Waals surface area contributed by atoms with E-state index in [1.165, 1.54) is 70.6 Å². The van der Waals surface area contributed by atoms with E-state index in [0.29, 0.717) is 0 Å². The molecule has 0 aromatic heterocycles. The van der Waals surface area contributed by atoms with Crippen LogP contribution in [0.5, 0.6) is 0 Å². The Labute approximate surface area is 126 Å². The highest BCUT2D eigenvalue weighted by Gasteiger charge is 2.20. The number of hydrogen-bond acceptors (Lipinski definition) is 1. The molecule has 1 rings (SSSR count). The summed E-state index contributed by atoms with van der Waals surface area (Å²) in [5.74, 6) is 2.18. The summed E-state index contributed by atoms with van der Waals surface area (Å²) >= 11 is 0. The van der Waals surface area contributed by atoms with Crippen LogP contribution in [0.15, 0.2) is 0 Å². The standard InChI is InChI=1S/C16H32.HO3P/c1-3-5-7-10-15-12-9-13-16(14-15)11-8-6-4-2;1-4(2)3/h15-16H,3-14H2,1-2H3;(H-,1,2,3)/p+1. The third-order valence-electron chi connectivity index (χ3n) is 4.32. The van der Waals surface area contributed by atoms with Gasteiger partial charge in [-0.2, -0.15) is 0 Å². The van der Waals surface area contributed by atoms with Gasteiger partial charge in [-0.25, -0.2) is 0 Å². The van der Waals surface area contributed by atoms with Crippen molar-refractivity contribution in [1.29, 1.82) is 0 Å². The van der Waals surface area contributed by atoms with E-state index in [4.69, 9.17) is 14.4 Å². The maximum absolute atomic E-state index is 8.70. The normalized spacial score (nSPS) is 22.0. The van der Waals surface area contributed by atoms with Crippen molar-refractivity contribution in [3.8, 4) is 0 Å². The molecule has 0 bridgehead atoms. The van der Waals surface area contributed by atoms with Crippen LogP contribution in [-0.2, 0) is 4.57 Å². The summed E-state index contributed by atoms with van der Waals surface area (Å²) in [5, 5.41) is 0. The summed E-state index contributed by atoms with van der Waals surface area (Å²) < 4.78 is 8.70. The second kappa shape index (κ2) is 14.0. The topological polar surface area (TPSA) is 57.5 Å². The predicted molar refractivity (Wildman–Crippen MR) is 85.8 cm³/mol. The van der Waals surface area contributed by atoms with Crippen molar-refractivity contribution in [3.63, 3.8) is 0 Å². The summed E-state index contributed by atoms with van der Waals surface area (Å²) in [6, 6.07) is 0. The van der Waals surface area contributed by atoms with Gasteiger partial charge < -0.3 is 0 Å². The quantitative estimate of drug-likeness (QED) is 0.454. The molecule has 0 amide bonds. The average molecular weight is 305 g/mol. The Hall–Kier alpha value is 0.0200. The highest BCUT2D eigenvalue weighted by atomic mass is 31.1. The second-order valence-electron chi connectivity index (χ2n) is 6.14. The molecule has 1 aliphatic carbocycles. The van der Waals surface area contributed by atoms with Crippen molar-refractivity contribution in [1.82, 2.24) is 0 Å². The van der Waals surface area contributed by atoms with Gasteiger partial charge in [0, 0.05) is 4.57 Å². The van der Waals surface area contributed by atoms with Crippen LogP contribution in [0.1, 0.15) is 90.9 Å². The fourth-order valence-electron chi connectivity index (χ4n) is 3.29. The minimum atomic E-state index is -2.87. The van der Waals surface area contributed by atoms with Crippen LogP contribution in [0.4, 0.5) is 0 Å². The molecule has 0 radical (unpaired) electrons. The molecule has 0 aromatic rings. The van der Waals surface area contributed by atoms with E-state index in [1.807, 2.05) is 0 Å². The largest absolute Gasteiger partial charge is 0.692 e. The minimum Gasteiger partial charge on any atom is -0.134 e. The smallest absolute Gasteiger partial charge is 0.134 e. The van der Waals surface area contributed by atoms with Crippen molar-refractivity contribution in [3.05, 3.63) is 0 Å². The third-order valence-corrected chi connectivity index (χ3v) is 4.32. The van der Waals surface area contributed by atoms with Gasteiger partial charge in [0.15, 0.2) is 0 Å². The number of hydrogen-bond donors (Lipinski definition) is 2. The molecule has 1 aliphatic rings. The number of unbranched alkanes of at least 4 members (excludes halogenated alkanes) is 4. The fourth-order valence-corrected chi connectivity index (χ4v) is 3.29. The van der Waals surface area contributed by atoms with E-state index >= 15 is 0 Å². The molecule has 0 aromatic carbocycles. The van der Waals surface area contributed by atoms with E-state index in [-0.39, 0.29) is 0 Å². The first kappa shape index (κ1) is 20.0. The molecule has 0 heterocycles. The van der Waals surface area contributed by atoms with Crippen LogP contribution in [0.2, 0.25) is 0 Å². The average Bonchev–Trinajstić information content (AvgIpc) is 2.39. The van der Waals surface area contributed by atoms with Crippen molar-refractivity contribution in [2.75, 3.05) is 0 Å². The summed E-state index contributed by atoms with van der Waals surface area (Å²) in [6.07, 6.45) is 17.9. The molecule has 1 saturated carbocycles. The van der Waals surface area contributed by atoms with Gasteiger partial charge in [-0.15, -0.1) is 9.79 Å². The van der Waals surface area contributed by atoms with Gasteiger partial charge in [0.1, 0.15) is 0 Å². The zero-order valence-corrected chi connectivity index (χ0v) is 14.3. The lowest BCUT2D eigenvalue weighted by molar-refractivity contribution is 0.235. The van der Waals surface area contributed by atoms with Crippen LogP contribution in [0.25, 0.3) is 0 Å². The minimum absolute atomic E-state index is 1.09. The molecular weight excluding hydrogens is 271 g/mol. The zero-order valence-electron chi connectivity index (χ0n) is 13.4. The summed E-state index contributed by atoms with van der Waals surface area (Å²) in [5.41, 5.74) is 0. The first-order valence-corrected chi connectivity index (χ1v) is 9.61. The molecule has 0 aliphatic heterocycles. The van der Waals surface area contributed by atoms with E-state index in [1.54, 1.807) is 6.42 Å². The van der Waals surface area contributed by atoms with Crippen LogP contribution < -0.4 is 0 Å². The van der Waals surface area contributed by atoms with E-state index in [0.717, 1.165) is 11.8 Å². The third kappa shape index (κ3) is 13.0. The maximum Gasteiger partial charge on any atom is 0.692 e. The first-order chi connectivity index (χ1) is 9.60. The van der Waals surface area contributed by atoms with Gasteiger partial charge in [-0.3, -0.25) is 0 Å². The summed E-state index contributed by atoms with van der Waals surface area (Å²) in [7, 11) is -2.87. The second-order valence-corrected chi connectivity index (χ2v) is 6.65. The predicted octanol–water partition coefficient (Wildman–Crippen LogP) is 5.58. The van der Waals surface area contributed by atoms with Crippen LogP contribution in [0.3, 0.4) is 0 Å². The molecular formula is C16H34O3P+. The molecule has 3 nitrogen and oxygen atoms in total. The van der Waals surface area contributed by atoms with Crippen LogP contribution >= 0.6 is 8.25 Å². The van der Waals surface area contributed by atoms with Gasteiger partial charge in [-0.05, 0) is 18.3 Å². The lowest BCUT2D eigenvalue weighted by Gasteiger charge is -2.29. The summed E-state index contributed by atoms with van der Waals surface area (Å²) in [6.45, 7) is 4.63. The number of rotatable bonds is 8. The molecule has 120 valence electrons. The van der Waals surface area contributed by atoms with Gasteiger partial charge >= 0.3 is 8.25 Å². The van der Waals surface area contributed by atoms with E-state index in [2.05, 4.69) is 13.8 Å². The monoisotopic (exact) mass is 305 g/mol. The van der Waals surface area contributed by atoms with Crippen molar-refractivity contribution in [2.45, 2.75) is 90.9 Å². The van der Waals surface area contributed by atoms with Gasteiger partial charge in [0.25, 0.3) is 0 Å². The van der Waals surface area contributed by atoms with Gasteiger partial charge in [-0.1, -0.05) is 84.5 Å². The Morgan fingerprint density at radius 2 is 1.30 bits per heavy atom. The van der Waals surface area contributed by atoms with Crippen LogP contribution in [0, 0.1) is 11.8 Å². The molecule has 20 heavy (non-hydrogen) atoms. The maximum atomic E-state index is 8.70. The molecule has 2 atom stereocenters. The highest BCUT2D eigenvalue weighted by Crippen LogP contribution is 2.34. The molecule has 4 heteroatoms. The Balaban J connectivity index is 0.000000796. The summed E-state index contributed by atoms with van der Waals surface area (Å²) in [4.78, 5) is 14.2. The fraction of sp³-hybridized carbons (Fsp3) is 1.00. The molecule has 0 spiro atoms. The van der Waals surface area contributed by atoms with E-state index in [9.17, 15) is 0 Å². The lowest BCUT2D eigenvalue weighted by atomic mass is 9.77. The first-order valence-electron chi connectivity index (χ1n) is 8.45. The zero-order chi connectivity index (χ0) is 15.2. The van der Waals surface area contributed by atoms with Gasteiger partial charge in [0.2, 0.25) is 0 Å². The van der Waals surface area contributed by atoms with Gasteiger partial charge in [0.05, 0.1) is 0 Å². The van der Waals surface area contributed by atoms with Crippen molar-refractivity contribution in [2.24, 2.45) is 11.8 Å². The Morgan fingerprint density at radius 3 is 1.65 bits per heavy atom. The van der Waals surface area contributed by atoms with Crippen molar-refractivity contribution < 1.29 is 14.4 Å². The van der Waals surface area contributed by atoms with Crippen molar-refractivity contribution >= 4 is 8.25 Å². The lowest BCUT2D eigenvalue weighted by Crippen LogP contribution is -2.15. The molecule has 2 unspecified atom stereocenters. The van der Waals surface area contributed by atoms with Crippen LogP contribution in [-0.4, -0.2) is 9.79 Å². The Morgan fingerprint density at radius 1 is 0.900 bits per heavy atom. The molecule has 2 N–H and O–H groups in total. The molecule has 0 saturated heterocycles.